The van der Waals surface area contributed by atoms with Gasteiger partial charge in [0.05, 0.1) is 13.2 Å². The number of hydrogen-bond acceptors (Lipinski definition) is 3. The van der Waals surface area contributed by atoms with E-state index in [2.05, 4.69) is 5.32 Å². The predicted octanol–water partition coefficient (Wildman–Crippen LogP) is 0.956. The molecular formula is C12H21NO3. The Kier molecular flexibility index (Phi) is 4.60. The predicted molar refractivity (Wildman–Crippen MR) is 60.1 cm³/mol. The van der Waals surface area contributed by atoms with Crippen LogP contribution >= 0.6 is 0 Å². The van der Waals surface area contributed by atoms with Crippen LogP contribution in [0.5, 0.6) is 0 Å². The van der Waals surface area contributed by atoms with Crippen molar-refractivity contribution >= 4 is 5.91 Å². The highest BCUT2D eigenvalue weighted by Crippen LogP contribution is 2.28. The number of amides is 1. The molecule has 0 aromatic rings. The lowest BCUT2D eigenvalue weighted by molar-refractivity contribution is -0.122. The van der Waals surface area contributed by atoms with Crippen LogP contribution in [0, 0.1) is 11.8 Å². The fourth-order valence-electron chi connectivity index (χ4n) is 1.84. The van der Waals surface area contributed by atoms with Gasteiger partial charge in [-0.15, -0.1) is 0 Å². The van der Waals surface area contributed by atoms with Crippen molar-refractivity contribution in [3.8, 4) is 0 Å². The molecule has 0 unspecified atom stereocenters. The SMILES string of the molecule is O=C(NCCCOC[C@H]1CCOC1)C1CC1. The topological polar surface area (TPSA) is 47.6 Å². The summed E-state index contributed by atoms with van der Waals surface area (Å²) in [5.41, 5.74) is 0. The molecular weight excluding hydrogens is 206 g/mol. The molecule has 0 aromatic heterocycles. The second-order valence-corrected chi connectivity index (χ2v) is 4.72. The Morgan fingerprint density at radius 1 is 1.38 bits per heavy atom. The summed E-state index contributed by atoms with van der Waals surface area (Å²) in [7, 11) is 0. The molecule has 1 heterocycles. The van der Waals surface area contributed by atoms with Crippen LogP contribution in [0.3, 0.4) is 0 Å². The molecule has 2 fully saturated rings. The maximum Gasteiger partial charge on any atom is 0.223 e. The van der Waals surface area contributed by atoms with Gasteiger partial charge < -0.3 is 14.8 Å². The van der Waals surface area contributed by atoms with Crippen molar-refractivity contribution in [1.29, 1.82) is 0 Å². The summed E-state index contributed by atoms with van der Waals surface area (Å²) in [5, 5.41) is 2.93. The largest absolute Gasteiger partial charge is 0.381 e. The first-order valence-electron chi connectivity index (χ1n) is 6.29. The molecule has 1 aliphatic carbocycles. The van der Waals surface area contributed by atoms with E-state index in [1.54, 1.807) is 0 Å². The molecule has 1 amide bonds. The Labute approximate surface area is 96.7 Å². The third-order valence-corrected chi connectivity index (χ3v) is 3.09. The molecule has 0 spiro atoms. The Hall–Kier alpha value is -0.610. The number of ether oxygens (including phenoxy) is 2. The van der Waals surface area contributed by atoms with E-state index in [0.29, 0.717) is 11.8 Å². The molecule has 1 saturated carbocycles. The van der Waals surface area contributed by atoms with Gasteiger partial charge in [0.2, 0.25) is 5.91 Å². The second kappa shape index (κ2) is 6.21. The first kappa shape index (κ1) is 11.9. The Morgan fingerprint density at radius 2 is 2.25 bits per heavy atom. The summed E-state index contributed by atoms with van der Waals surface area (Å²) in [6.07, 6.45) is 4.18. The van der Waals surface area contributed by atoms with Crippen LogP contribution in [0.4, 0.5) is 0 Å². The maximum absolute atomic E-state index is 11.3. The molecule has 2 rings (SSSR count). The Bertz CT molecular complexity index is 222. The zero-order valence-electron chi connectivity index (χ0n) is 9.74. The minimum absolute atomic E-state index is 0.226. The summed E-state index contributed by atoms with van der Waals surface area (Å²) in [4.78, 5) is 11.3. The van der Waals surface area contributed by atoms with Crippen LogP contribution in [0.15, 0.2) is 0 Å². The molecule has 4 nitrogen and oxygen atoms in total. The molecule has 4 heteroatoms. The summed E-state index contributed by atoms with van der Waals surface area (Å²) >= 11 is 0. The van der Waals surface area contributed by atoms with E-state index in [4.69, 9.17) is 9.47 Å². The van der Waals surface area contributed by atoms with E-state index in [-0.39, 0.29) is 5.91 Å². The van der Waals surface area contributed by atoms with Crippen LogP contribution in [0.1, 0.15) is 25.7 Å². The van der Waals surface area contributed by atoms with E-state index in [0.717, 1.165) is 58.7 Å². The van der Waals surface area contributed by atoms with Crippen molar-refractivity contribution < 1.29 is 14.3 Å². The summed E-state index contributed by atoms with van der Waals surface area (Å²) in [5.74, 6) is 1.13. The third-order valence-electron chi connectivity index (χ3n) is 3.09. The molecule has 0 radical (unpaired) electrons. The highest BCUT2D eigenvalue weighted by atomic mass is 16.5. The fourth-order valence-corrected chi connectivity index (χ4v) is 1.84. The number of rotatable bonds is 7. The summed E-state index contributed by atoms with van der Waals surface area (Å²) in [6.45, 7) is 4.01. The van der Waals surface area contributed by atoms with E-state index in [9.17, 15) is 4.79 Å². The zero-order valence-corrected chi connectivity index (χ0v) is 9.74. The number of nitrogens with one attached hydrogen (secondary N) is 1. The Morgan fingerprint density at radius 3 is 2.94 bits per heavy atom. The van der Waals surface area contributed by atoms with E-state index in [1.165, 1.54) is 0 Å². The second-order valence-electron chi connectivity index (χ2n) is 4.72. The minimum Gasteiger partial charge on any atom is -0.381 e. The molecule has 0 aromatic carbocycles. The van der Waals surface area contributed by atoms with Gasteiger partial charge in [-0.1, -0.05) is 0 Å². The fraction of sp³-hybridized carbons (Fsp3) is 0.917. The van der Waals surface area contributed by atoms with Crippen molar-refractivity contribution in [3.05, 3.63) is 0 Å². The van der Waals surface area contributed by atoms with Gasteiger partial charge in [0.1, 0.15) is 0 Å². The molecule has 1 N–H and O–H groups in total. The van der Waals surface area contributed by atoms with Gasteiger partial charge in [-0.25, -0.2) is 0 Å². The minimum atomic E-state index is 0.226. The first-order valence-corrected chi connectivity index (χ1v) is 6.29. The van der Waals surface area contributed by atoms with Crippen molar-refractivity contribution in [2.24, 2.45) is 11.8 Å². The lowest BCUT2D eigenvalue weighted by atomic mass is 10.1. The van der Waals surface area contributed by atoms with Crippen molar-refractivity contribution in [2.75, 3.05) is 33.0 Å². The van der Waals surface area contributed by atoms with Gasteiger partial charge >= 0.3 is 0 Å². The van der Waals surface area contributed by atoms with Gasteiger partial charge in [-0.2, -0.15) is 0 Å². The van der Waals surface area contributed by atoms with Crippen LogP contribution in [0.2, 0.25) is 0 Å². The molecule has 92 valence electrons. The molecule has 2 aliphatic rings. The van der Waals surface area contributed by atoms with Crippen molar-refractivity contribution in [1.82, 2.24) is 5.32 Å². The number of hydrogen-bond donors (Lipinski definition) is 1. The smallest absolute Gasteiger partial charge is 0.223 e. The van der Waals surface area contributed by atoms with Crippen molar-refractivity contribution in [2.45, 2.75) is 25.7 Å². The molecule has 1 atom stereocenters. The lowest BCUT2D eigenvalue weighted by Gasteiger charge is -2.09. The van der Waals surface area contributed by atoms with Crippen LogP contribution in [-0.2, 0) is 14.3 Å². The van der Waals surface area contributed by atoms with Gasteiger partial charge in [0.15, 0.2) is 0 Å². The van der Waals surface area contributed by atoms with Gasteiger partial charge in [-0.3, -0.25) is 4.79 Å². The zero-order chi connectivity index (χ0) is 11.2. The number of carbonyl (C=O) groups excluding carboxylic acids is 1. The first-order chi connectivity index (χ1) is 7.86. The van der Waals surface area contributed by atoms with Crippen molar-refractivity contribution in [3.63, 3.8) is 0 Å². The Balaban J connectivity index is 1.38. The standard InChI is InChI=1S/C12H21NO3/c14-12(11-2-3-11)13-5-1-6-15-8-10-4-7-16-9-10/h10-11H,1-9H2,(H,13,14)/t10-/m1/s1. The van der Waals surface area contributed by atoms with E-state index < -0.39 is 0 Å². The number of carbonyl (C=O) groups is 1. The van der Waals surface area contributed by atoms with Crippen LogP contribution in [-0.4, -0.2) is 38.9 Å². The average Bonchev–Trinajstić information content (AvgIpc) is 3.02. The van der Waals surface area contributed by atoms with Crippen LogP contribution in [0.25, 0.3) is 0 Å². The average molecular weight is 227 g/mol. The maximum atomic E-state index is 11.3. The van der Waals surface area contributed by atoms with E-state index >= 15 is 0 Å². The quantitative estimate of drug-likeness (QED) is 0.659. The molecule has 1 saturated heterocycles. The molecule has 0 bridgehead atoms. The normalized spacial score (nSPS) is 24.6. The van der Waals surface area contributed by atoms with Crippen LogP contribution < -0.4 is 5.32 Å². The monoisotopic (exact) mass is 227 g/mol. The summed E-state index contributed by atoms with van der Waals surface area (Å²) in [6, 6.07) is 0. The highest BCUT2D eigenvalue weighted by molar-refractivity contribution is 5.80. The lowest BCUT2D eigenvalue weighted by Crippen LogP contribution is -2.26. The van der Waals surface area contributed by atoms with Gasteiger partial charge in [0, 0.05) is 31.6 Å². The van der Waals surface area contributed by atoms with Gasteiger partial charge in [0.25, 0.3) is 0 Å². The summed E-state index contributed by atoms with van der Waals surface area (Å²) < 4.78 is 10.8. The molecule has 16 heavy (non-hydrogen) atoms. The van der Waals surface area contributed by atoms with E-state index in [1.807, 2.05) is 0 Å². The van der Waals surface area contributed by atoms with Gasteiger partial charge in [-0.05, 0) is 25.7 Å². The third kappa shape index (κ3) is 4.10. The molecule has 1 aliphatic heterocycles. The highest BCUT2D eigenvalue weighted by Gasteiger charge is 2.28.